The van der Waals surface area contributed by atoms with Gasteiger partial charge in [0.15, 0.2) is 0 Å². The summed E-state index contributed by atoms with van der Waals surface area (Å²) in [6.45, 7) is 10.4. The van der Waals surface area contributed by atoms with Gasteiger partial charge in [-0.3, -0.25) is 0 Å². The smallest absolute Gasteiger partial charge is 0.118 e. The summed E-state index contributed by atoms with van der Waals surface area (Å²) < 4.78 is 16.9. The lowest BCUT2D eigenvalue weighted by Crippen LogP contribution is -2.33. The third-order valence-corrected chi connectivity index (χ3v) is 5.98. The summed E-state index contributed by atoms with van der Waals surface area (Å²) in [6.07, 6.45) is 2.04. The van der Waals surface area contributed by atoms with Crippen molar-refractivity contribution in [2.45, 2.75) is 51.4 Å². The number of methoxy groups -OCH3 is 2. The van der Waals surface area contributed by atoms with Crippen molar-refractivity contribution in [1.29, 1.82) is 0 Å². The Morgan fingerprint density at radius 1 is 0.630 bits per heavy atom. The molecule has 27 heavy (non-hydrogen) atoms. The SMILES string of the molecule is CCC(C)(COCC(C)(CC)c1ccc(OC)cc1)c1ccc(OC)cc1. The molecule has 2 aromatic rings. The average molecular weight is 371 g/mol. The van der Waals surface area contributed by atoms with Gasteiger partial charge < -0.3 is 14.2 Å². The van der Waals surface area contributed by atoms with E-state index in [1.54, 1.807) is 14.2 Å². The second kappa shape index (κ2) is 9.27. The maximum absolute atomic E-state index is 6.31. The number of hydrogen-bond donors (Lipinski definition) is 0. The highest BCUT2D eigenvalue weighted by atomic mass is 16.5. The third-order valence-electron chi connectivity index (χ3n) is 5.98. The number of rotatable bonds is 10. The summed E-state index contributed by atoms with van der Waals surface area (Å²) >= 11 is 0. The zero-order valence-corrected chi connectivity index (χ0v) is 17.7. The van der Waals surface area contributed by atoms with E-state index in [1.165, 1.54) is 11.1 Å². The summed E-state index contributed by atoms with van der Waals surface area (Å²) in [5, 5.41) is 0. The Morgan fingerprint density at radius 3 is 1.22 bits per heavy atom. The zero-order valence-electron chi connectivity index (χ0n) is 17.7. The van der Waals surface area contributed by atoms with Crippen LogP contribution >= 0.6 is 0 Å². The standard InChI is InChI=1S/C24H34O3/c1-7-23(3,19-9-13-21(25-5)14-10-19)17-27-18-24(4,8-2)20-11-15-22(26-6)16-12-20/h9-16H,7-8,17-18H2,1-6H3. The molecular formula is C24H34O3. The monoisotopic (exact) mass is 370 g/mol. The van der Waals surface area contributed by atoms with Gasteiger partial charge in [-0.05, 0) is 48.2 Å². The average Bonchev–Trinajstić information content (AvgIpc) is 2.73. The van der Waals surface area contributed by atoms with Crippen molar-refractivity contribution in [3.8, 4) is 11.5 Å². The molecule has 0 aliphatic heterocycles. The van der Waals surface area contributed by atoms with E-state index in [0.29, 0.717) is 13.2 Å². The minimum Gasteiger partial charge on any atom is -0.497 e. The van der Waals surface area contributed by atoms with E-state index >= 15 is 0 Å². The number of benzene rings is 2. The van der Waals surface area contributed by atoms with Crippen LogP contribution in [-0.2, 0) is 15.6 Å². The molecule has 3 heteroatoms. The van der Waals surface area contributed by atoms with Crippen molar-refractivity contribution < 1.29 is 14.2 Å². The molecule has 2 atom stereocenters. The predicted octanol–water partition coefficient (Wildman–Crippen LogP) is 5.76. The van der Waals surface area contributed by atoms with Crippen LogP contribution in [0.25, 0.3) is 0 Å². The molecule has 0 aromatic heterocycles. The van der Waals surface area contributed by atoms with Gasteiger partial charge in [0.1, 0.15) is 11.5 Å². The fraction of sp³-hybridized carbons (Fsp3) is 0.500. The van der Waals surface area contributed by atoms with Crippen molar-refractivity contribution in [1.82, 2.24) is 0 Å². The first kappa shape index (κ1) is 21.3. The van der Waals surface area contributed by atoms with E-state index in [4.69, 9.17) is 14.2 Å². The van der Waals surface area contributed by atoms with Crippen molar-refractivity contribution in [3.63, 3.8) is 0 Å². The molecule has 2 aromatic carbocycles. The molecule has 0 amide bonds. The molecule has 0 fully saturated rings. The quantitative estimate of drug-likeness (QED) is 0.532. The van der Waals surface area contributed by atoms with Gasteiger partial charge >= 0.3 is 0 Å². The first-order chi connectivity index (χ1) is 12.9. The summed E-state index contributed by atoms with van der Waals surface area (Å²) in [6, 6.07) is 16.7. The van der Waals surface area contributed by atoms with Gasteiger partial charge in [-0.2, -0.15) is 0 Å². The van der Waals surface area contributed by atoms with Gasteiger partial charge in [0.05, 0.1) is 27.4 Å². The summed E-state index contributed by atoms with van der Waals surface area (Å²) in [4.78, 5) is 0. The summed E-state index contributed by atoms with van der Waals surface area (Å²) in [5.74, 6) is 1.77. The van der Waals surface area contributed by atoms with Gasteiger partial charge in [0.2, 0.25) is 0 Å². The second-order valence-corrected chi connectivity index (χ2v) is 7.78. The van der Waals surface area contributed by atoms with E-state index in [-0.39, 0.29) is 10.8 Å². The Hall–Kier alpha value is -2.00. The van der Waals surface area contributed by atoms with Crippen LogP contribution in [0.3, 0.4) is 0 Å². The molecule has 0 radical (unpaired) electrons. The molecule has 0 spiro atoms. The van der Waals surface area contributed by atoms with E-state index in [0.717, 1.165) is 24.3 Å². The predicted molar refractivity (Wildman–Crippen MR) is 112 cm³/mol. The molecule has 0 aliphatic rings. The van der Waals surface area contributed by atoms with E-state index < -0.39 is 0 Å². The van der Waals surface area contributed by atoms with Gasteiger partial charge in [-0.1, -0.05) is 52.0 Å². The highest BCUT2D eigenvalue weighted by Gasteiger charge is 2.29. The van der Waals surface area contributed by atoms with E-state index in [9.17, 15) is 0 Å². The van der Waals surface area contributed by atoms with Crippen molar-refractivity contribution in [2.75, 3.05) is 27.4 Å². The van der Waals surface area contributed by atoms with Crippen molar-refractivity contribution >= 4 is 0 Å². The van der Waals surface area contributed by atoms with E-state index in [2.05, 4.69) is 52.0 Å². The normalized spacial score (nSPS) is 15.6. The van der Waals surface area contributed by atoms with Gasteiger partial charge in [0.25, 0.3) is 0 Å². The minimum absolute atomic E-state index is 0.0131. The molecule has 0 aliphatic carbocycles. The lowest BCUT2D eigenvalue weighted by molar-refractivity contribution is 0.0510. The van der Waals surface area contributed by atoms with Gasteiger partial charge in [-0.25, -0.2) is 0 Å². The lowest BCUT2D eigenvalue weighted by Gasteiger charge is -2.33. The largest absolute Gasteiger partial charge is 0.497 e. The molecule has 0 saturated carbocycles. The fourth-order valence-electron chi connectivity index (χ4n) is 3.27. The van der Waals surface area contributed by atoms with Crippen LogP contribution in [0.1, 0.15) is 51.7 Å². The first-order valence-corrected chi connectivity index (χ1v) is 9.77. The lowest BCUT2D eigenvalue weighted by atomic mass is 9.79. The number of hydrogen-bond acceptors (Lipinski definition) is 3. The summed E-state index contributed by atoms with van der Waals surface area (Å²) in [7, 11) is 3.39. The van der Waals surface area contributed by atoms with Crippen LogP contribution in [0.5, 0.6) is 11.5 Å². The Morgan fingerprint density at radius 2 is 0.963 bits per heavy atom. The van der Waals surface area contributed by atoms with Crippen LogP contribution in [0.4, 0.5) is 0 Å². The molecule has 0 saturated heterocycles. The molecule has 0 N–H and O–H groups in total. The molecule has 2 unspecified atom stereocenters. The fourth-order valence-corrected chi connectivity index (χ4v) is 3.27. The summed E-state index contributed by atoms with van der Waals surface area (Å²) in [5.41, 5.74) is 2.55. The van der Waals surface area contributed by atoms with Crippen LogP contribution in [0.2, 0.25) is 0 Å². The molecule has 2 rings (SSSR count). The Bertz CT molecular complexity index is 631. The molecule has 0 bridgehead atoms. The van der Waals surface area contributed by atoms with Crippen molar-refractivity contribution in [3.05, 3.63) is 59.7 Å². The molecule has 0 heterocycles. The Kier molecular flexibility index (Phi) is 7.32. The highest BCUT2D eigenvalue weighted by Crippen LogP contribution is 2.33. The topological polar surface area (TPSA) is 27.7 Å². The Balaban J connectivity index is 2.07. The molecule has 3 nitrogen and oxygen atoms in total. The highest BCUT2D eigenvalue weighted by molar-refractivity contribution is 5.33. The minimum atomic E-state index is -0.0131. The van der Waals surface area contributed by atoms with Crippen LogP contribution in [0.15, 0.2) is 48.5 Å². The van der Waals surface area contributed by atoms with Gasteiger partial charge in [-0.15, -0.1) is 0 Å². The first-order valence-electron chi connectivity index (χ1n) is 9.77. The van der Waals surface area contributed by atoms with Crippen molar-refractivity contribution in [2.24, 2.45) is 0 Å². The Labute approximate surface area is 164 Å². The number of ether oxygens (including phenoxy) is 3. The van der Waals surface area contributed by atoms with Crippen LogP contribution in [0, 0.1) is 0 Å². The maximum atomic E-state index is 6.31. The second-order valence-electron chi connectivity index (χ2n) is 7.78. The molecule has 148 valence electrons. The van der Waals surface area contributed by atoms with Crippen LogP contribution < -0.4 is 9.47 Å². The van der Waals surface area contributed by atoms with Gasteiger partial charge in [0, 0.05) is 10.8 Å². The van der Waals surface area contributed by atoms with Crippen LogP contribution in [-0.4, -0.2) is 27.4 Å². The third kappa shape index (κ3) is 5.04. The zero-order chi connectivity index (χ0) is 19.9. The molecular weight excluding hydrogens is 336 g/mol. The van der Waals surface area contributed by atoms with E-state index in [1.807, 2.05) is 24.3 Å². The maximum Gasteiger partial charge on any atom is 0.118 e.